The monoisotopic (exact) mass is 419 g/mol. The Balaban J connectivity index is 1.68. The summed E-state index contributed by atoms with van der Waals surface area (Å²) in [6, 6.07) is 24.8. The van der Waals surface area contributed by atoms with Gasteiger partial charge in [0.15, 0.2) is 11.0 Å². The van der Waals surface area contributed by atoms with Gasteiger partial charge in [-0.25, -0.2) is 0 Å². The molecule has 0 radical (unpaired) electrons. The number of halogens is 1. The molecule has 0 aliphatic carbocycles. The molecule has 0 N–H and O–H groups in total. The molecular formula is C24H22ClN3S. The molecule has 0 fully saturated rings. The molecule has 5 heteroatoms. The number of hydrogen-bond donors (Lipinski definition) is 0. The van der Waals surface area contributed by atoms with Crippen molar-refractivity contribution in [2.24, 2.45) is 0 Å². The zero-order valence-corrected chi connectivity index (χ0v) is 18.0. The maximum absolute atomic E-state index is 6.08. The van der Waals surface area contributed by atoms with E-state index < -0.39 is 0 Å². The van der Waals surface area contributed by atoms with Crippen molar-refractivity contribution in [1.29, 1.82) is 0 Å². The molecule has 1 heterocycles. The van der Waals surface area contributed by atoms with Crippen LogP contribution in [0.1, 0.15) is 16.7 Å². The van der Waals surface area contributed by atoms with Gasteiger partial charge in [-0.2, -0.15) is 0 Å². The van der Waals surface area contributed by atoms with Crippen LogP contribution in [0, 0.1) is 13.8 Å². The van der Waals surface area contributed by atoms with E-state index in [1.807, 2.05) is 30.3 Å². The van der Waals surface area contributed by atoms with Crippen molar-refractivity contribution in [3.05, 3.63) is 94.5 Å². The van der Waals surface area contributed by atoms with Gasteiger partial charge >= 0.3 is 0 Å². The Labute approximate surface area is 180 Å². The van der Waals surface area contributed by atoms with Crippen LogP contribution in [0.15, 0.2) is 78.0 Å². The Bertz CT molecular complexity index is 1100. The van der Waals surface area contributed by atoms with Crippen molar-refractivity contribution in [1.82, 2.24) is 14.8 Å². The Hall–Kier alpha value is -2.56. The average Bonchev–Trinajstić information content (AvgIpc) is 3.15. The molecule has 146 valence electrons. The van der Waals surface area contributed by atoms with Gasteiger partial charge in [-0.1, -0.05) is 59.8 Å². The summed E-state index contributed by atoms with van der Waals surface area (Å²) in [7, 11) is 0. The standard InChI is InChI=1S/C24H22ClN3S/c1-17-8-13-22(16-18(17)2)28-23(20-9-11-21(25)12-10-20)26-27-24(28)29-15-14-19-6-4-3-5-7-19/h3-13,16H,14-15H2,1-2H3. The van der Waals surface area contributed by atoms with Crippen LogP contribution >= 0.6 is 23.4 Å². The second kappa shape index (κ2) is 8.85. The number of rotatable bonds is 6. The van der Waals surface area contributed by atoms with Crippen molar-refractivity contribution >= 4 is 23.4 Å². The molecule has 0 aliphatic heterocycles. The van der Waals surface area contributed by atoms with Crippen LogP contribution in [0.25, 0.3) is 17.1 Å². The van der Waals surface area contributed by atoms with Gasteiger partial charge in [-0.3, -0.25) is 4.57 Å². The quantitative estimate of drug-likeness (QED) is 0.332. The molecule has 0 spiro atoms. The lowest BCUT2D eigenvalue weighted by Gasteiger charge is -2.12. The Morgan fingerprint density at radius 1 is 0.862 bits per heavy atom. The predicted octanol–water partition coefficient (Wildman–Crippen LogP) is 6.54. The van der Waals surface area contributed by atoms with E-state index in [0.717, 1.165) is 34.4 Å². The van der Waals surface area contributed by atoms with Crippen LogP contribution in [-0.4, -0.2) is 20.5 Å². The van der Waals surface area contributed by atoms with E-state index in [9.17, 15) is 0 Å². The first-order valence-electron chi connectivity index (χ1n) is 9.57. The Kier molecular flexibility index (Phi) is 6.02. The van der Waals surface area contributed by atoms with Gasteiger partial charge in [0.2, 0.25) is 0 Å². The summed E-state index contributed by atoms with van der Waals surface area (Å²) in [5.41, 5.74) is 5.92. The molecule has 4 rings (SSSR count). The number of aryl methyl sites for hydroxylation is 3. The van der Waals surface area contributed by atoms with E-state index in [2.05, 4.69) is 71.1 Å². The fraction of sp³-hybridized carbons (Fsp3) is 0.167. The molecular weight excluding hydrogens is 398 g/mol. The molecule has 29 heavy (non-hydrogen) atoms. The lowest BCUT2D eigenvalue weighted by Crippen LogP contribution is -2.01. The van der Waals surface area contributed by atoms with E-state index in [-0.39, 0.29) is 0 Å². The second-order valence-corrected chi connectivity index (χ2v) is 8.50. The molecule has 0 saturated heterocycles. The molecule has 0 atom stereocenters. The minimum atomic E-state index is 0.712. The molecule has 0 bridgehead atoms. The zero-order chi connectivity index (χ0) is 20.2. The SMILES string of the molecule is Cc1ccc(-n2c(SCCc3ccccc3)nnc2-c2ccc(Cl)cc2)cc1C. The van der Waals surface area contributed by atoms with Crippen LogP contribution in [0.2, 0.25) is 5.02 Å². The van der Waals surface area contributed by atoms with Crippen LogP contribution in [0.4, 0.5) is 0 Å². The van der Waals surface area contributed by atoms with Crippen molar-refractivity contribution in [3.8, 4) is 17.1 Å². The summed E-state index contributed by atoms with van der Waals surface area (Å²) in [5.74, 6) is 1.76. The third-order valence-electron chi connectivity index (χ3n) is 4.95. The van der Waals surface area contributed by atoms with Gasteiger partial charge in [-0.05, 0) is 73.4 Å². The topological polar surface area (TPSA) is 30.7 Å². The number of hydrogen-bond acceptors (Lipinski definition) is 3. The predicted molar refractivity (Wildman–Crippen MR) is 122 cm³/mol. The average molecular weight is 420 g/mol. The minimum absolute atomic E-state index is 0.712. The first-order valence-corrected chi connectivity index (χ1v) is 10.9. The number of benzene rings is 3. The zero-order valence-electron chi connectivity index (χ0n) is 16.5. The first-order chi connectivity index (χ1) is 14.1. The molecule has 0 saturated carbocycles. The highest BCUT2D eigenvalue weighted by molar-refractivity contribution is 7.99. The summed E-state index contributed by atoms with van der Waals surface area (Å²) in [4.78, 5) is 0. The van der Waals surface area contributed by atoms with Gasteiger partial charge in [0, 0.05) is 16.3 Å². The number of aromatic nitrogens is 3. The highest BCUT2D eigenvalue weighted by Gasteiger charge is 2.16. The fourth-order valence-corrected chi connectivity index (χ4v) is 4.22. The second-order valence-electron chi connectivity index (χ2n) is 7.00. The maximum atomic E-state index is 6.08. The summed E-state index contributed by atoms with van der Waals surface area (Å²) in [5, 5.41) is 10.6. The third-order valence-corrected chi connectivity index (χ3v) is 6.13. The molecule has 1 aromatic heterocycles. The van der Waals surface area contributed by atoms with Crippen LogP contribution < -0.4 is 0 Å². The fourth-order valence-electron chi connectivity index (χ4n) is 3.15. The van der Waals surface area contributed by atoms with Gasteiger partial charge in [-0.15, -0.1) is 10.2 Å². The molecule has 0 aliphatic rings. The van der Waals surface area contributed by atoms with Crippen molar-refractivity contribution in [2.75, 3.05) is 5.75 Å². The van der Waals surface area contributed by atoms with E-state index >= 15 is 0 Å². The summed E-state index contributed by atoms with van der Waals surface area (Å²) in [6.07, 6.45) is 0.988. The van der Waals surface area contributed by atoms with Crippen molar-refractivity contribution in [3.63, 3.8) is 0 Å². The summed E-state index contributed by atoms with van der Waals surface area (Å²) < 4.78 is 2.14. The first kappa shape index (κ1) is 19.7. The van der Waals surface area contributed by atoms with Gasteiger partial charge in [0.1, 0.15) is 0 Å². The van der Waals surface area contributed by atoms with Crippen molar-refractivity contribution < 1.29 is 0 Å². The molecule has 3 nitrogen and oxygen atoms in total. The highest BCUT2D eigenvalue weighted by Crippen LogP contribution is 2.30. The van der Waals surface area contributed by atoms with E-state index in [1.54, 1.807) is 11.8 Å². The Morgan fingerprint density at radius 2 is 1.62 bits per heavy atom. The van der Waals surface area contributed by atoms with Crippen LogP contribution in [-0.2, 0) is 6.42 Å². The lowest BCUT2D eigenvalue weighted by molar-refractivity contribution is 0.883. The van der Waals surface area contributed by atoms with Crippen molar-refractivity contribution in [2.45, 2.75) is 25.4 Å². The molecule has 0 unspecified atom stereocenters. The van der Waals surface area contributed by atoms with E-state index in [4.69, 9.17) is 11.6 Å². The molecule has 4 aromatic rings. The van der Waals surface area contributed by atoms with Gasteiger partial charge < -0.3 is 0 Å². The molecule has 0 amide bonds. The highest BCUT2D eigenvalue weighted by atomic mass is 35.5. The van der Waals surface area contributed by atoms with Gasteiger partial charge in [0.25, 0.3) is 0 Å². The lowest BCUT2D eigenvalue weighted by atomic mass is 10.1. The molecule has 3 aromatic carbocycles. The summed E-state index contributed by atoms with van der Waals surface area (Å²) in [6.45, 7) is 4.26. The number of nitrogens with zero attached hydrogens (tertiary/aromatic N) is 3. The third kappa shape index (κ3) is 4.55. The minimum Gasteiger partial charge on any atom is -0.270 e. The maximum Gasteiger partial charge on any atom is 0.196 e. The van der Waals surface area contributed by atoms with Crippen LogP contribution in [0.3, 0.4) is 0 Å². The Morgan fingerprint density at radius 3 is 2.34 bits per heavy atom. The number of thioether (sulfide) groups is 1. The van der Waals surface area contributed by atoms with Crippen LogP contribution in [0.5, 0.6) is 0 Å². The smallest absolute Gasteiger partial charge is 0.196 e. The normalized spacial score (nSPS) is 11.0. The largest absolute Gasteiger partial charge is 0.270 e. The van der Waals surface area contributed by atoms with E-state index in [0.29, 0.717) is 5.02 Å². The van der Waals surface area contributed by atoms with E-state index in [1.165, 1.54) is 16.7 Å². The van der Waals surface area contributed by atoms with Gasteiger partial charge in [0.05, 0.1) is 5.69 Å². The summed E-state index contributed by atoms with van der Waals surface area (Å²) >= 11 is 7.81.